The van der Waals surface area contributed by atoms with Crippen LogP contribution in [-0.2, 0) is 11.3 Å². The second kappa shape index (κ2) is 7.02. The van der Waals surface area contributed by atoms with Gasteiger partial charge in [-0.05, 0) is 36.4 Å². The Hall–Kier alpha value is -3.74. The summed E-state index contributed by atoms with van der Waals surface area (Å²) >= 11 is 0. The maximum absolute atomic E-state index is 12.2. The summed E-state index contributed by atoms with van der Waals surface area (Å²) in [6, 6.07) is 16.4. The van der Waals surface area contributed by atoms with E-state index in [2.05, 4.69) is 15.1 Å². The number of oxazole rings is 1. The highest BCUT2D eigenvalue weighted by Crippen LogP contribution is 2.18. The third kappa shape index (κ3) is 3.36. The van der Waals surface area contributed by atoms with Crippen LogP contribution in [0.5, 0.6) is 0 Å². The van der Waals surface area contributed by atoms with E-state index < -0.39 is 5.97 Å². The molecular formula is C19H14N4O3. The predicted octanol–water partition coefficient (Wildman–Crippen LogP) is 3.28. The van der Waals surface area contributed by atoms with Crippen LogP contribution in [0, 0.1) is 0 Å². The number of hydrogen-bond donors (Lipinski definition) is 0. The first-order chi connectivity index (χ1) is 12.8. The average Bonchev–Trinajstić information content (AvgIpc) is 3.39. The Balaban J connectivity index is 1.39. The number of ether oxygens (including phenoxy) is 1. The van der Waals surface area contributed by atoms with E-state index in [1.54, 1.807) is 35.3 Å². The van der Waals surface area contributed by atoms with E-state index in [4.69, 9.17) is 9.15 Å². The Labute approximate surface area is 148 Å². The largest absolute Gasteiger partial charge is 0.455 e. The Bertz CT molecular complexity index is 993. The van der Waals surface area contributed by atoms with Crippen LogP contribution < -0.4 is 0 Å². The molecular weight excluding hydrogens is 332 g/mol. The highest BCUT2D eigenvalue weighted by atomic mass is 16.5. The summed E-state index contributed by atoms with van der Waals surface area (Å²) in [7, 11) is 0. The summed E-state index contributed by atoms with van der Waals surface area (Å²) in [4.78, 5) is 20.4. The highest BCUT2D eigenvalue weighted by molar-refractivity contribution is 5.89. The van der Waals surface area contributed by atoms with E-state index in [0.29, 0.717) is 17.1 Å². The van der Waals surface area contributed by atoms with Crippen molar-refractivity contribution in [3.63, 3.8) is 0 Å². The number of nitrogens with zero attached hydrogens (tertiary/aromatic N) is 4. The van der Waals surface area contributed by atoms with Gasteiger partial charge in [-0.1, -0.05) is 18.2 Å². The van der Waals surface area contributed by atoms with Gasteiger partial charge in [-0.25, -0.2) is 19.4 Å². The maximum atomic E-state index is 12.2. The Morgan fingerprint density at radius 1 is 1.08 bits per heavy atom. The van der Waals surface area contributed by atoms with Crippen LogP contribution in [0.15, 0.2) is 77.9 Å². The van der Waals surface area contributed by atoms with Crippen molar-refractivity contribution in [2.45, 2.75) is 6.61 Å². The molecule has 0 saturated heterocycles. The maximum Gasteiger partial charge on any atom is 0.338 e. The lowest BCUT2D eigenvalue weighted by Crippen LogP contribution is -2.06. The number of hydrogen-bond acceptors (Lipinski definition) is 6. The van der Waals surface area contributed by atoms with Gasteiger partial charge >= 0.3 is 5.97 Å². The number of carbonyl (C=O) groups is 1. The zero-order valence-electron chi connectivity index (χ0n) is 13.6. The zero-order valence-corrected chi connectivity index (χ0v) is 13.6. The van der Waals surface area contributed by atoms with Crippen LogP contribution in [0.3, 0.4) is 0 Å². The van der Waals surface area contributed by atoms with Crippen molar-refractivity contribution in [3.05, 3.63) is 84.8 Å². The number of aromatic nitrogens is 4. The van der Waals surface area contributed by atoms with E-state index in [9.17, 15) is 4.79 Å². The molecule has 0 aliphatic heterocycles. The molecule has 7 heteroatoms. The fraction of sp³-hybridized carbons (Fsp3) is 0.0526. The molecule has 26 heavy (non-hydrogen) atoms. The van der Waals surface area contributed by atoms with Gasteiger partial charge in [0.2, 0.25) is 5.89 Å². The molecule has 0 spiro atoms. The SMILES string of the molecule is O=C(OCc1coc(-c2ccccc2)n1)c1ccc(-n2cncn2)cc1. The lowest BCUT2D eigenvalue weighted by molar-refractivity contribution is 0.0468. The molecule has 4 rings (SSSR count). The van der Waals surface area contributed by atoms with Crippen LogP contribution in [0.25, 0.3) is 17.1 Å². The van der Waals surface area contributed by atoms with E-state index in [0.717, 1.165) is 11.3 Å². The van der Waals surface area contributed by atoms with Gasteiger partial charge in [0.1, 0.15) is 31.2 Å². The normalized spacial score (nSPS) is 10.6. The Kier molecular flexibility index (Phi) is 4.26. The lowest BCUT2D eigenvalue weighted by atomic mass is 10.2. The molecule has 0 N–H and O–H groups in total. The molecule has 0 amide bonds. The summed E-state index contributed by atoms with van der Waals surface area (Å²) in [5, 5.41) is 4.03. The van der Waals surface area contributed by atoms with Gasteiger partial charge in [0.15, 0.2) is 0 Å². The number of esters is 1. The second-order valence-corrected chi connectivity index (χ2v) is 5.47. The van der Waals surface area contributed by atoms with Crippen molar-refractivity contribution >= 4 is 5.97 Å². The van der Waals surface area contributed by atoms with Crippen LogP contribution in [0.2, 0.25) is 0 Å². The Morgan fingerprint density at radius 2 is 1.88 bits per heavy atom. The summed E-state index contributed by atoms with van der Waals surface area (Å²) in [6.45, 7) is 0.0417. The summed E-state index contributed by atoms with van der Waals surface area (Å²) in [5.41, 5.74) is 2.67. The van der Waals surface area contributed by atoms with Gasteiger partial charge in [0.25, 0.3) is 0 Å². The fourth-order valence-corrected chi connectivity index (χ4v) is 2.40. The first-order valence-corrected chi connectivity index (χ1v) is 7.91. The predicted molar refractivity (Wildman–Crippen MR) is 92.4 cm³/mol. The minimum absolute atomic E-state index is 0.0417. The molecule has 7 nitrogen and oxygen atoms in total. The summed E-state index contributed by atoms with van der Waals surface area (Å²) in [6.07, 6.45) is 4.52. The van der Waals surface area contributed by atoms with Gasteiger partial charge < -0.3 is 9.15 Å². The molecule has 2 heterocycles. The quantitative estimate of drug-likeness (QED) is 0.516. The minimum Gasteiger partial charge on any atom is -0.455 e. The molecule has 0 fully saturated rings. The van der Waals surface area contributed by atoms with Gasteiger partial charge in [-0.2, -0.15) is 5.10 Å². The van der Waals surface area contributed by atoms with E-state index in [1.165, 1.54) is 12.6 Å². The van der Waals surface area contributed by atoms with Crippen LogP contribution >= 0.6 is 0 Å². The molecule has 2 aromatic heterocycles. The number of benzene rings is 2. The van der Waals surface area contributed by atoms with Gasteiger partial charge in [0.05, 0.1) is 11.3 Å². The second-order valence-electron chi connectivity index (χ2n) is 5.47. The topological polar surface area (TPSA) is 83.0 Å². The van der Waals surface area contributed by atoms with Crippen LogP contribution in [0.1, 0.15) is 16.1 Å². The molecule has 0 radical (unpaired) electrons. The van der Waals surface area contributed by atoms with Crippen molar-refractivity contribution in [2.24, 2.45) is 0 Å². The molecule has 0 aliphatic carbocycles. The monoisotopic (exact) mass is 346 g/mol. The first-order valence-electron chi connectivity index (χ1n) is 7.91. The van der Waals surface area contributed by atoms with Crippen molar-refractivity contribution in [1.82, 2.24) is 19.7 Å². The zero-order chi connectivity index (χ0) is 17.8. The molecule has 0 atom stereocenters. The summed E-state index contributed by atoms with van der Waals surface area (Å²) < 4.78 is 12.3. The third-order valence-electron chi connectivity index (χ3n) is 3.71. The number of rotatable bonds is 5. The number of carbonyl (C=O) groups excluding carboxylic acids is 1. The van der Waals surface area contributed by atoms with E-state index in [-0.39, 0.29) is 6.61 Å². The van der Waals surface area contributed by atoms with Crippen molar-refractivity contribution in [1.29, 1.82) is 0 Å². The molecule has 0 aliphatic rings. The lowest BCUT2D eigenvalue weighted by Gasteiger charge is -2.04. The minimum atomic E-state index is -0.431. The van der Waals surface area contributed by atoms with Crippen molar-refractivity contribution < 1.29 is 13.9 Å². The standard InChI is InChI=1S/C19H14N4O3/c24-19(15-6-8-17(9-7-15)23-13-20-12-21-23)26-11-16-10-25-18(22-16)14-4-2-1-3-5-14/h1-10,12-13H,11H2. The molecule has 0 bridgehead atoms. The van der Waals surface area contributed by atoms with Gasteiger partial charge in [-0.15, -0.1) is 0 Å². The van der Waals surface area contributed by atoms with Crippen LogP contribution in [-0.4, -0.2) is 25.7 Å². The van der Waals surface area contributed by atoms with Gasteiger partial charge in [0, 0.05) is 5.56 Å². The van der Waals surface area contributed by atoms with Crippen molar-refractivity contribution in [3.8, 4) is 17.1 Å². The molecule has 0 saturated carbocycles. The Morgan fingerprint density at radius 3 is 2.62 bits per heavy atom. The molecule has 2 aromatic carbocycles. The molecule has 4 aromatic rings. The van der Waals surface area contributed by atoms with Crippen molar-refractivity contribution in [2.75, 3.05) is 0 Å². The van der Waals surface area contributed by atoms with Crippen LogP contribution in [0.4, 0.5) is 0 Å². The average molecular weight is 346 g/mol. The van der Waals surface area contributed by atoms with E-state index >= 15 is 0 Å². The smallest absolute Gasteiger partial charge is 0.338 e. The fourth-order valence-electron chi connectivity index (χ4n) is 2.40. The van der Waals surface area contributed by atoms with Gasteiger partial charge in [-0.3, -0.25) is 0 Å². The summed E-state index contributed by atoms with van der Waals surface area (Å²) in [5.74, 6) is 0.0632. The first kappa shape index (κ1) is 15.8. The molecule has 128 valence electrons. The third-order valence-corrected chi connectivity index (χ3v) is 3.71. The highest BCUT2D eigenvalue weighted by Gasteiger charge is 2.11. The van der Waals surface area contributed by atoms with E-state index in [1.807, 2.05) is 30.3 Å². The molecule has 0 unspecified atom stereocenters.